The smallest absolute Gasteiger partial charge is 0.308 e. The van der Waals surface area contributed by atoms with Gasteiger partial charge in [0.1, 0.15) is 12.5 Å². The van der Waals surface area contributed by atoms with Crippen LogP contribution in [0.2, 0.25) is 0 Å². The fraction of sp³-hybridized carbons (Fsp3) is 0.150. The van der Waals surface area contributed by atoms with Crippen LogP contribution in [0.25, 0.3) is 11.1 Å². The van der Waals surface area contributed by atoms with Crippen LogP contribution in [0, 0.1) is 11.9 Å². The molecule has 3 aromatic rings. The number of carbonyl (C=O) groups is 1. The molecule has 10 heteroatoms. The van der Waals surface area contributed by atoms with E-state index in [0.29, 0.717) is 11.1 Å². The van der Waals surface area contributed by atoms with Gasteiger partial charge in [-0.25, -0.2) is 23.7 Å². The van der Waals surface area contributed by atoms with E-state index >= 15 is 4.39 Å². The second-order valence-corrected chi connectivity index (χ2v) is 6.65. The lowest BCUT2D eigenvalue weighted by Gasteiger charge is -2.27. The zero-order valence-electron chi connectivity index (χ0n) is 15.7. The molecule has 2 N–H and O–H groups in total. The zero-order valence-corrected chi connectivity index (χ0v) is 15.7. The van der Waals surface area contributed by atoms with E-state index in [9.17, 15) is 13.6 Å². The maximum Gasteiger partial charge on any atom is 0.308 e. The lowest BCUT2D eigenvalue weighted by molar-refractivity contribution is -0.129. The average molecular weight is 412 g/mol. The number of hydrogen-bond acceptors (Lipinski definition) is 6. The van der Waals surface area contributed by atoms with Gasteiger partial charge in [-0.1, -0.05) is 6.07 Å². The Morgan fingerprint density at radius 3 is 2.43 bits per heavy atom. The van der Waals surface area contributed by atoms with Gasteiger partial charge in [0, 0.05) is 36.8 Å². The first-order chi connectivity index (χ1) is 14.4. The topological polar surface area (TPSA) is 97.4 Å². The minimum Gasteiger partial charge on any atom is -0.369 e. The first kappa shape index (κ1) is 19.5. The number of amides is 1. The van der Waals surface area contributed by atoms with Crippen molar-refractivity contribution in [3.63, 3.8) is 0 Å². The zero-order chi connectivity index (χ0) is 21.5. The first-order valence-electron chi connectivity index (χ1n) is 8.79. The van der Waals surface area contributed by atoms with Crippen LogP contribution in [0.15, 0.2) is 53.9 Å². The molecule has 2 aromatic heterocycles. The molecule has 1 aromatic carbocycles. The number of aliphatic imine (C=N–C) groups is 1. The van der Waals surface area contributed by atoms with E-state index in [1.54, 1.807) is 0 Å². The number of halogens is 3. The molecular formula is C20H15F3N6O. The number of nitrogens with two attached hydrogens (primary N) is 1. The summed E-state index contributed by atoms with van der Waals surface area (Å²) in [6, 6.07) is 6.81. The third-order valence-electron chi connectivity index (χ3n) is 4.92. The summed E-state index contributed by atoms with van der Waals surface area (Å²) in [5, 5.41) is 0. The molecule has 0 saturated heterocycles. The Labute approximate surface area is 169 Å². The highest BCUT2D eigenvalue weighted by atomic mass is 19.1. The number of likely N-dealkylation sites (N-methyl/N-ethyl adjacent to an activating group) is 1. The molecule has 7 nitrogen and oxygen atoms in total. The number of rotatable bonds is 4. The Morgan fingerprint density at radius 1 is 1.07 bits per heavy atom. The van der Waals surface area contributed by atoms with Crippen molar-refractivity contribution in [3.8, 4) is 11.1 Å². The SMILES string of the molecule is CN1C(=O)C(c2ccnc(CF)c2)(c2cc(-c3cnc(F)nc3)ccc2F)N=C1N. The first-order valence-corrected chi connectivity index (χ1v) is 8.79. The van der Waals surface area contributed by atoms with Crippen LogP contribution in [0.5, 0.6) is 0 Å². The highest BCUT2D eigenvalue weighted by Gasteiger charge is 2.51. The number of guanidine groups is 1. The summed E-state index contributed by atoms with van der Waals surface area (Å²) in [6.07, 6.45) is 2.89. The average Bonchev–Trinajstić information content (AvgIpc) is 2.99. The lowest BCUT2D eigenvalue weighted by atomic mass is 9.81. The molecule has 0 aliphatic carbocycles. The number of alkyl halides is 1. The van der Waals surface area contributed by atoms with Crippen LogP contribution >= 0.6 is 0 Å². The second kappa shape index (κ2) is 7.21. The standard InChI is InChI=1S/C20H15F3N6O/c1-29-17(30)20(28-19(29)24,13-4-5-25-14(7-13)8-21)15-6-11(2-3-16(15)22)12-9-26-18(23)27-10-12/h2-7,9-10H,8H2,1H3,(H2,24,28). The van der Waals surface area contributed by atoms with Crippen molar-refractivity contribution >= 4 is 11.9 Å². The molecule has 1 unspecified atom stereocenters. The monoisotopic (exact) mass is 412 g/mol. The van der Waals surface area contributed by atoms with Gasteiger partial charge in [0.25, 0.3) is 5.91 Å². The van der Waals surface area contributed by atoms with Crippen LogP contribution < -0.4 is 5.73 Å². The predicted molar refractivity (Wildman–Crippen MR) is 102 cm³/mol. The Kier molecular flexibility index (Phi) is 4.69. The highest BCUT2D eigenvalue weighted by Crippen LogP contribution is 2.41. The molecule has 1 amide bonds. The number of benzene rings is 1. The maximum atomic E-state index is 15.1. The van der Waals surface area contributed by atoms with E-state index in [1.165, 1.54) is 49.9 Å². The third-order valence-corrected chi connectivity index (χ3v) is 4.92. The van der Waals surface area contributed by atoms with Crippen LogP contribution in [0.3, 0.4) is 0 Å². The molecule has 0 saturated carbocycles. The van der Waals surface area contributed by atoms with Crippen LogP contribution in [0.4, 0.5) is 13.2 Å². The molecule has 4 rings (SSSR count). The third kappa shape index (κ3) is 2.97. The Morgan fingerprint density at radius 2 is 1.80 bits per heavy atom. The van der Waals surface area contributed by atoms with Gasteiger partial charge in [0.15, 0.2) is 11.5 Å². The summed E-state index contributed by atoms with van der Waals surface area (Å²) >= 11 is 0. The molecule has 152 valence electrons. The summed E-state index contributed by atoms with van der Waals surface area (Å²) in [6.45, 7) is -0.872. The summed E-state index contributed by atoms with van der Waals surface area (Å²) < 4.78 is 41.4. The number of carbonyl (C=O) groups excluding carboxylic acids is 1. The minimum atomic E-state index is -1.87. The van der Waals surface area contributed by atoms with Gasteiger partial charge < -0.3 is 5.73 Å². The van der Waals surface area contributed by atoms with Crippen LogP contribution in [-0.4, -0.2) is 38.8 Å². The molecule has 30 heavy (non-hydrogen) atoms. The van der Waals surface area contributed by atoms with Gasteiger partial charge in [-0.3, -0.25) is 14.7 Å². The van der Waals surface area contributed by atoms with Crippen molar-refractivity contribution in [2.24, 2.45) is 10.7 Å². The van der Waals surface area contributed by atoms with Gasteiger partial charge in [0.05, 0.1) is 5.69 Å². The second-order valence-electron chi connectivity index (χ2n) is 6.65. The van der Waals surface area contributed by atoms with Crippen LogP contribution in [0.1, 0.15) is 16.8 Å². The van der Waals surface area contributed by atoms with Crippen LogP contribution in [-0.2, 0) is 17.0 Å². The Hall–Kier alpha value is -3.82. The molecule has 0 bridgehead atoms. The molecule has 1 atom stereocenters. The summed E-state index contributed by atoms with van der Waals surface area (Å²) in [7, 11) is 1.41. The minimum absolute atomic E-state index is 0.0616. The molecule has 1 aliphatic rings. The van der Waals surface area contributed by atoms with Crippen molar-refractivity contribution in [1.82, 2.24) is 19.9 Å². The van der Waals surface area contributed by atoms with Gasteiger partial charge in [-0.05, 0) is 35.4 Å². The van der Waals surface area contributed by atoms with E-state index in [2.05, 4.69) is 19.9 Å². The predicted octanol–water partition coefficient (Wildman–Crippen LogP) is 2.32. The van der Waals surface area contributed by atoms with E-state index < -0.39 is 30.0 Å². The van der Waals surface area contributed by atoms with E-state index in [1.807, 2.05) is 0 Å². The molecule has 3 heterocycles. The molecular weight excluding hydrogens is 397 g/mol. The fourth-order valence-corrected chi connectivity index (χ4v) is 3.38. The number of aromatic nitrogens is 3. The Balaban J connectivity index is 1.98. The van der Waals surface area contributed by atoms with E-state index in [0.717, 1.165) is 11.0 Å². The van der Waals surface area contributed by atoms with E-state index in [4.69, 9.17) is 5.73 Å². The maximum absolute atomic E-state index is 15.1. The molecule has 1 aliphatic heterocycles. The fourth-order valence-electron chi connectivity index (χ4n) is 3.38. The largest absolute Gasteiger partial charge is 0.369 e. The normalized spacial score (nSPS) is 18.6. The van der Waals surface area contributed by atoms with Gasteiger partial charge in [-0.2, -0.15) is 4.39 Å². The van der Waals surface area contributed by atoms with E-state index in [-0.39, 0.29) is 22.8 Å². The number of pyridine rings is 1. The summed E-state index contributed by atoms with van der Waals surface area (Å²) in [5.74, 6) is -1.45. The summed E-state index contributed by atoms with van der Waals surface area (Å²) in [4.78, 5) is 29.5. The Bertz CT molecular complexity index is 1170. The molecule has 0 radical (unpaired) electrons. The number of nitrogens with zero attached hydrogens (tertiary/aromatic N) is 5. The summed E-state index contributed by atoms with van der Waals surface area (Å²) in [5.41, 5.74) is 5.03. The lowest BCUT2D eigenvalue weighted by Crippen LogP contribution is -2.41. The van der Waals surface area contributed by atoms with Crippen molar-refractivity contribution < 1.29 is 18.0 Å². The quantitative estimate of drug-likeness (QED) is 0.664. The number of hydrogen-bond donors (Lipinski definition) is 1. The van der Waals surface area contributed by atoms with Crippen molar-refractivity contribution in [1.29, 1.82) is 0 Å². The van der Waals surface area contributed by atoms with Crippen molar-refractivity contribution in [2.75, 3.05) is 7.05 Å². The molecule has 0 fully saturated rings. The molecule has 0 spiro atoms. The van der Waals surface area contributed by atoms with Gasteiger partial charge >= 0.3 is 6.08 Å². The van der Waals surface area contributed by atoms with Gasteiger partial charge in [-0.15, -0.1) is 0 Å². The van der Waals surface area contributed by atoms with Crippen molar-refractivity contribution in [2.45, 2.75) is 12.2 Å². The highest BCUT2D eigenvalue weighted by molar-refractivity contribution is 6.09. The van der Waals surface area contributed by atoms with Gasteiger partial charge in [0.2, 0.25) is 0 Å². The van der Waals surface area contributed by atoms with Crippen molar-refractivity contribution in [3.05, 3.63) is 77.6 Å².